The van der Waals surface area contributed by atoms with E-state index < -0.39 is 0 Å². The van der Waals surface area contributed by atoms with Gasteiger partial charge >= 0.3 is 0 Å². The number of amides is 1. The van der Waals surface area contributed by atoms with E-state index in [0.29, 0.717) is 18.7 Å². The summed E-state index contributed by atoms with van der Waals surface area (Å²) in [5.41, 5.74) is 1.85. The Bertz CT molecular complexity index is 468. The van der Waals surface area contributed by atoms with Gasteiger partial charge in [-0.3, -0.25) is 14.5 Å². The Kier molecular flexibility index (Phi) is 4.32. The SMILES string of the molecule is CCC1C(=O)NCCN1CC(=O)c1ccc(C)cc1. The third-order valence-corrected chi connectivity index (χ3v) is 3.55. The summed E-state index contributed by atoms with van der Waals surface area (Å²) >= 11 is 0. The van der Waals surface area contributed by atoms with E-state index in [0.717, 1.165) is 18.5 Å². The molecule has 1 aliphatic rings. The Labute approximate surface area is 113 Å². The number of piperazine rings is 1. The molecule has 0 saturated carbocycles. The van der Waals surface area contributed by atoms with Crippen molar-refractivity contribution in [3.05, 3.63) is 35.4 Å². The van der Waals surface area contributed by atoms with Crippen molar-refractivity contribution in [3.63, 3.8) is 0 Å². The normalized spacial score (nSPS) is 20.1. The predicted octanol–water partition coefficient (Wildman–Crippen LogP) is 1.39. The number of rotatable bonds is 4. The number of nitrogens with zero attached hydrogens (tertiary/aromatic N) is 1. The highest BCUT2D eigenvalue weighted by atomic mass is 16.2. The Morgan fingerprint density at radius 2 is 2.05 bits per heavy atom. The summed E-state index contributed by atoms with van der Waals surface area (Å²) in [6.45, 7) is 5.64. The van der Waals surface area contributed by atoms with Crippen LogP contribution >= 0.6 is 0 Å². The second kappa shape index (κ2) is 5.97. The third-order valence-electron chi connectivity index (χ3n) is 3.55. The van der Waals surface area contributed by atoms with Crippen LogP contribution in [-0.2, 0) is 4.79 Å². The summed E-state index contributed by atoms with van der Waals surface area (Å²) in [6, 6.07) is 7.40. The molecule has 1 aliphatic heterocycles. The molecule has 102 valence electrons. The summed E-state index contributed by atoms with van der Waals surface area (Å²) < 4.78 is 0. The van der Waals surface area contributed by atoms with Crippen LogP contribution in [-0.4, -0.2) is 42.3 Å². The van der Waals surface area contributed by atoms with Crippen LogP contribution in [0.4, 0.5) is 0 Å². The molecular formula is C15H20N2O2. The van der Waals surface area contributed by atoms with Gasteiger partial charge < -0.3 is 5.32 Å². The van der Waals surface area contributed by atoms with E-state index >= 15 is 0 Å². The monoisotopic (exact) mass is 260 g/mol. The van der Waals surface area contributed by atoms with E-state index in [1.807, 2.05) is 43.0 Å². The van der Waals surface area contributed by atoms with Crippen molar-refractivity contribution in [3.8, 4) is 0 Å². The first-order valence-electron chi connectivity index (χ1n) is 6.73. The Morgan fingerprint density at radius 3 is 2.68 bits per heavy atom. The zero-order valence-electron chi connectivity index (χ0n) is 11.5. The van der Waals surface area contributed by atoms with Gasteiger partial charge in [0.2, 0.25) is 5.91 Å². The summed E-state index contributed by atoms with van der Waals surface area (Å²) in [5, 5.41) is 2.84. The van der Waals surface area contributed by atoms with Crippen molar-refractivity contribution in [1.29, 1.82) is 0 Å². The summed E-state index contributed by atoms with van der Waals surface area (Å²) in [4.78, 5) is 25.9. The van der Waals surface area contributed by atoms with E-state index in [2.05, 4.69) is 5.32 Å². The smallest absolute Gasteiger partial charge is 0.237 e. The number of hydrogen-bond donors (Lipinski definition) is 1. The molecule has 2 rings (SSSR count). The van der Waals surface area contributed by atoms with Crippen LogP contribution in [0, 0.1) is 6.92 Å². The van der Waals surface area contributed by atoms with Crippen LogP contribution in [0.5, 0.6) is 0 Å². The van der Waals surface area contributed by atoms with Crippen molar-refractivity contribution >= 4 is 11.7 Å². The Morgan fingerprint density at radius 1 is 1.37 bits per heavy atom. The van der Waals surface area contributed by atoms with E-state index in [-0.39, 0.29) is 17.7 Å². The largest absolute Gasteiger partial charge is 0.353 e. The van der Waals surface area contributed by atoms with E-state index in [1.54, 1.807) is 0 Å². The summed E-state index contributed by atoms with van der Waals surface area (Å²) in [7, 11) is 0. The highest BCUT2D eigenvalue weighted by Gasteiger charge is 2.29. The lowest BCUT2D eigenvalue weighted by atomic mass is 10.1. The van der Waals surface area contributed by atoms with Crippen molar-refractivity contribution in [1.82, 2.24) is 10.2 Å². The topological polar surface area (TPSA) is 49.4 Å². The fourth-order valence-corrected chi connectivity index (χ4v) is 2.41. The first-order chi connectivity index (χ1) is 9.11. The molecule has 1 aromatic rings. The van der Waals surface area contributed by atoms with Gasteiger partial charge in [0.25, 0.3) is 0 Å². The van der Waals surface area contributed by atoms with Gasteiger partial charge in [-0.1, -0.05) is 36.8 Å². The number of Topliss-reactive ketones (excluding diaryl/α,β-unsaturated/α-hetero) is 1. The molecule has 19 heavy (non-hydrogen) atoms. The molecule has 1 heterocycles. The van der Waals surface area contributed by atoms with Crippen LogP contribution in [0.3, 0.4) is 0 Å². The second-order valence-electron chi connectivity index (χ2n) is 4.97. The van der Waals surface area contributed by atoms with Crippen LogP contribution < -0.4 is 5.32 Å². The maximum atomic E-state index is 12.2. The van der Waals surface area contributed by atoms with Crippen LogP contribution in [0.15, 0.2) is 24.3 Å². The van der Waals surface area contributed by atoms with Crippen LogP contribution in [0.2, 0.25) is 0 Å². The van der Waals surface area contributed by atoms with Crippen LogP contribution in [0.25, 0.3) is 0 Å². The molecule has 1 amide bonds. The zero-order chi connectivity index (χ0) is 13.8. The quantitative estimate of drug-likeness (QED) is 0.832. The van der Waals surface area contributed by atoms with Gasteiger partial charge in [-0.2, -0.15) is 0 Å². The molecule has 1 aromatic carbocycles. The molecule has 1 N–H and O–H groups in total. The molecular weight excluding hydrogens is 240 g/mol. The second-order valence-corrected chi connectivity index (χ2v) is 4.97. The van der Waals surface area contributed by atoms with Gasteiger partial charge in [0.1, 0.15) is 0 Å². The number of carbonyl (C=O) groups is 2. The number of carbonyl (C=O) groups excluding carboxylic acids is 2. The minimum atomic E-state index is -0.178. The average Bonchev–Trinajstić information content (AvgIpc) is 2.39. The molecule has 1 unspecified atom stereocenters. The lowest BCUT2D eigenvalue weighted by Crippen LogP contribution is -2.56. The van der Waals surface area contributed by atoms with Gasteiger partial charge in [0.05, 0.1) is 12.6 Å². The number of nitrogens with one attached hydrogen (secondary N) is 1. The maximum Gasteiger partial charge on any atom is 0.237 e. The van der Waals surface area contributed by atoms with Crippen molar-refractivity contribution < 1.29 is 9.59 Å². The van der Waals surface area contributed by atoms with E-state index in [4.69, 9.17) is 0 Å². The lowest BCUT2D eigenvalue weighted by Gasteiger charge is -2.33. The fourth-order valence-electron chi connectivity index (χ4n) is 2.41. The third kappa shape index (κ3) is 3.20. The van der Waals surface area contributed by atoms with Crippen LogP contribution in [0.1, 0.15) is 29.3 Å². The van der Waals surface area contributed by atoms with Gasteiger partial charge in [-0.05, 0) is 13.3 Å². The predicted molar refractivity (Wildman–Crippen MR) is 74.2 cm³/mol. The molecule has 0 bridgehead atoms. The minimum absolute atomic E-state index is 0.0328. The Balaban J connectivity index is 2.05. The molecule has 0 aliphatic carbocycles. The van der Waals surface area contributed by atoms with Gasteiger partial charge in [-0.25, -0.2) is 0 Å². The highest BCUT2D eigenvalue weighted by Crippen LogP contribution is 2.11. The van der Waals surface area contributed by atoms with Gasteiger partial charge in [0, 0.05) is 18.7 Å². The number of ketones is 1. The zero-order valence-corrected chi connectivity index (χ0v) is 11.5. The molecule has 4 nitrogen and oxygen atoms in total. The molecule has 4 heteroatoms. The summed E-state index contributed by atoms with van der Waals surface area (Å²) in [5.74, 6) is 0.110. The van der Waals surface area contributed by atoms with E-state index in [1.165, 1.54) is 0 Å². The molecule has 0 radical (unpaired) electrons. The fraction of sp³-hybridized carbons (Fsp3) is 0.467. The molecule has 1 atom stereocenters. The average molecular weight is 260 g/mol. The van der Waals surface area contributed by atoms with Crippen molar-refractivity contribution in [2.75, 3.05) is 19.6 Å². The minimum Gasteiger partial charge on any atom is -0.353 e. The molecule has 1 saturated heterocycles. The first kappa shape index (κ1) is 13.7. The number of hydrogen-bond acceptors (Lipinski definition) is 3. The summed E-state index contributed by atoms with van der Waals surface area (Å²) in [6.07, 6.45) is 0.729. The number of aryl methyl sites for hydroxylation is 1. The Hall–Kier alpha value is -1.68. The lowest BCUT2D eigenvalue weighted by molar-refractivity contribution is -0.128. The van der Waals surface area contributed by atoms with Gasteiger partial charge in [0.15, 0.2) is 5.78 Å². The van der Waals surface area contributed by atoms with Crippen molar-refractivity contribution in [2.45, 2.75) is 26.3 Å². The molecule has 1 fully saturated rings. The van der Waals surface area contributed by atoms with Gasteiger partial charge in [-0.15, -0.1) is 0 Å². The first-order valence-corrected chi connectivity index (χ1v) is 6.73. The molecule has 0 spiro atoms. The standard InChI is InChI=1S/C15H20N2O2/c1-3-13-15(19)16-8-9-17(13)10-14(18)12-6-4-11(2)5-7-12/h4-7,13H,3,8-10H2,1-2H3,(H,16,19). The maximum absolute atomic E-state index is 12.2. The highest BCUT2D eigenvalue weighted by molar-refractivity contribution is 5.98. The number of benzene rings is 1. The van der Waals surface area contributed by atoms with Crippen molar-refractivity contribution in [2.24, 2.45) is 0 Å². The van der Waals surface area contributed by atoms with E-state index in [9.17, 15) is 9.59 Å². The molecule has 0 aromatic heterocycles.